The fourth-order valence-corrected chi connectivity index (χ4v) is 4.19. The molecule has 0 bridgehead atoms. The topological polar surface area (TPSA) is 59.0 Å². The summed E-state index contributed by atoms with van der Waals surface area (Å²) in [7, 11) is 0. The van der Waals surface area contributed by atoms with E-state index in [4.69, 9.17) is 15.9 Å². The summed E-state index contributed by atoms with van der Waals surface area (Å²) in [6.45, 7) is 4.08. The van der Waals surface area contributed by atoms with Gasteiger partial charge in [-0.15, -0.1) is 6.42 Å². The molecular formula is C24H31NO4. The molecule has 1 fully saturated rings. The smallest absolute Gasteiger partial charge is 0.288 e. The number of hydrogen-bond acceptors (Lipinski definition) is 4. The minimum atomic E-state index is -0.516. The molecule has 1 N–H and O–H groups in total. The number of benzene rings is 1. The van der Waals surface area contributed by atoms with Gasteiger partial charge in [0, 0.05) is 43.7 Å². The van der Waals surface area contributed by atoms with Crippen LogP contribution >= 0.6 is 0 Å². The highest BCUT2D eigenvalue weighted by atomic mass is 16.7. The normalized spacial score (nSPS) is 24.4. The van der Waals surface area contributed by atoms with Gasteiger partial charge >= 0.3 is 0 Å². The van der Waals surface area contributed by atoms with Crippen LogP contribution < -0.4 is 0 Å². The van der Waals surface area contributed by atoms with Crippen LogP contribution in [0.3, 0.4) is 0 Å². The molecule has 2 heterocycles. The molecule has 156 valence electrons. The zero-order valence-electron chi connectivity index (χ0n) is 17.2. The molecule has 1 amide bonds. The molecule has 1 aromatic carbocycles. The molecule has 0 aliphatic carbocycles. The largest absolute Gasteiger partial charge is 0.459 e. The number of piperidine rings is 1. The summed E-state index contributed by atoms with van der Waals surface area (Å²) in [6, 6.07) is 7.87. The number of nitrogens with zero attached hydrogens (tertiary/aromatic N) is 1. The van der Waals surface area contributed by atoms with Gasteiger partial charge in [0.15, 0.2) is 5.76 Å². The highest BCUT2D eigenvalue weighted by Gasteiger charge is 2.38. The van der Waals surface area contributed by atoms with Crippen LogP contribution in [0.2, 0.25) is 0 Å². The molecule has 3 atom stereocenters. The molecule has 5 heteroatoms. The second kappa shape index (κ2) is 10.5. The summed E-state index contributed by atoms with van der Waals surface area (Å²) < 4.78 is 12.0. The van der Waals surface area contributed by atoms with E-state index >= 15 is 0 Å². The van der Waals surface area contributed by atoms with Crippen molar-refractivity contribution >= 4 is 5.91 Å². The Morgan fingerprint density at radius 2 is 2.00 bits per heavy atom. The van der Waals surface area contributed by atoms with E-state index < -0.39 is 6.29 Å². The fraction of sp³-hybridized carbons (Fsp3) is 0.542. The summed E-state index contributed by atoms with van der Waals surface area (Å²) in [4.78, 5) is 15.0. The fourth-order valence-electron chi connectivity index (χ4n) is 4.19. The second-order valence-electron chi connectivity index (χ2n) is 7.65. The summed E-state index contributed by atoms with van der Waals surface area (Å²) in [5.41, 5.74) is 1.89. The average molecular weight is 398 g/mol. The summed E-state index contributed by atoms with van der Waals surface area (Å²) in [5.74, 6) is 2.93. The number of allylic oxidation sites excluding steroid dienone is 1. The van der Waals surface area contributed by atoms with Gasteiger partial charge in [-0.05, 0) is 62.8 Å². The number of rotatable bonds is 7. The molecule has 0 aromatic heterocycles. The van der Waals surface area contributed by atoms with Crippen LogP contribution in [0.1, 0.15) is 56.1 Å². The van der Waals surface area contributed by atoms with E-state index in [1.54, 1.807) is 0 Å². The highest BCUT2D eigenvalue weighted by Crippen LogP contribution is 2.40. The Morgan fingerprint density at radius 1 is 1.28 bits per heavy atom. The first-order chi connectivity index (χ1) is 14.2. The Kier molecular flexibility index (Phi) is 7.74. The van der Waals surface area contributed by atoms with Crippen LogP contribution in [0.15, 0.2) is 36.1 Å². The van der Waals surface area contributed by atoms with Crippen molar-refractivity contribution < 1.29 is 19.4 Å². The molecule has 2 aliphatic rings. The third-order valence-corrected chi connectivity index (χ3v) is 5.73. The van der Waals surface area contributed by atoms with Gasteiger partial charge in [0.25, 0.3) is 5.91 Å². The van der Waals surface area contributed by atoms with Crippen molar-refractivity contribution in [2.75, 3.05) is 26.3 Å². The average Bonchev–Trinajstić information content (AvgIpc) is 2.78. The zero-order valence-corrected chi connectivity index (χ0v) is 17.2. The van der Waals surface area contributed by atoms with Crippen LogP contribution in [0.5, 0.6) is 0 Å². The summed E-state index contributed by atoms with van der Waals surface area (Å²) in [6.07, 6.45) is 11.5. The van der Waals surface area contributed by atoms with Crippen molar-refractivity contribution in [3.05, 3.63) is 47.2 Å². The van der Waals surface area contributed by atoms with Crippen LogP contribution in [0.4, 0.5) is 0 Å². The quantitative estimate of drug-likeness (QED) is 0.716. The van der Waals surface area contributed by atoms with Crippen LogP contribution in [0.25, 0.3) is 0 Å². The molecule has 0 unspecified atom stereocenters. The maximum Gasteiger partial charge on any atom is 0.288 e. The van der Waals surface area contributed by atoms with Crippen molar-refractivity contribution in [3.63, 3.8) is 0 Å². The van der Waals surface area contributed by atoms with Gasteiger partial charge in [-0.1, -0.05) is 18.1 Å². The number of carbonyl (C=O) groups excluding carboxylic acids is 1. The van der Waals surface area contributed by atoms with Gasteiger partial charge in [0.1, 0.15) is 0 Å². The molecule has 0 saturated carbocycles. The Hall–Kier alpha value is -2.29. The standard InChI is InChI=1S/C24H31NO4/c1-3-18-10-12-19(13-11-18)21-17-22(23(27)25-14-6-5-7-15-25)29-24(28-4-2)20(21)9-8-16-26/h1,10-13,17,20-21,24,26H,4-9,14-16H2,2H3/t20-,21+,24+/m1/s1. The molecule has 2 aliphatic heterocycles. The molecule has 0 spiro atoms. The number of aliphatic hydroxyl groups excluding tert-OH is 1. The predicted octanol–water partition coefficient (Wildman–Crippen LogP) is 3.43. The Balaban J connectivity index is 1.93. The summed E-state index contributed by atoms with van der Waals surface area (Å²) >= 11 is 0. The molecule has 1 saturated heterocycles. The Labute approximate surface area is 173 Å². The van der Waals surface area contributed by atoms with E-state index in [1.165, 1.54) is 6.42 Å². The molecule has 3 rings (SSSR count). The van der Waals surface area contributed by atoms with E-state index in [1.807, 2.05) is 42.2 Å². The minimum absolute atomic E-state index is 0.0108. The van der Waals surface area contributed by atoms with Crippen molar-refractivity contribution in [2.24, 2.45) is 5.92 Å². The molecule has 5 nitrogen and oxygen atoms in total. The van der Waals surface area contributed by atoms with Crippen LogP contribution in [-0.4, -0.2) is 48.5 Å². The SMILES string of the molecule is C#Cc1ccc([C@@H]2C=C(C(=O)N3CCCCC3)O[C@H](OCC)[C@@H]2CCCO)cc1. The third-order valence-electron chi connectivity index (χ3n) is 5.73. The number of likely N-dealkylation sites (tertiary alicyclic amines) is 1. The lowest BCUT2D eigenvalue weighted by Gasteiger charge is -2.38. The number of amides is 1. The van der Waals surface area contributed by atoms with E-state index in [0.29, 0.717) is 18.8 Å². The van der Waals surface area contributed by atoms with Crippen molar-refractivity contribution in [1.29, 1.82) is 0 Å². The van der Waals surface area contributed by atoms with Gasteiger partial charge < -0.3 is 19.5 Å². The first-order valence-corrected chi connectivity index (χ1v) is 10.6. The number of carbonyl (C=O) groups is 1. The Bertz CT molecular complexity index is 743. The van der Waals surface area contributed by atoms with Gasteiger partial charge in [-0.2, -0.15) is 0 Å². The van der Waals surface area contributed by atoms with E-state index in [2.05, 4.69) is 5.92 Å². The first kappa shape index (κ1) is 21.4. The maximum absolute atomic E-state index is 13.1. The summed E-state index contributed by atoms with van der Waals surface area (Å²) in [5, 5.41) is 9.37. The molecule has 1 aromatic rings. The number of aliphatic hydroxyl groups is 1. The van der Waals surface area contributed by atoms with E-state index in [-0.39, 0.29) is 24.3 Å². The van der Waals surface area contributed by atoms with E-state index in [9.17, 15) is 9.90 Å². The lowest BCUT2D eigenvalue weighted by atomic mass is 9.80. The number of terminal acetylenes is 1. The van der Waals surface area contributed by atoms with Gasteiger partial charge in [0.05, 0.1) is 0 Å². The monoisotopic (exact) mass is 397 g/mol. The van der Waals surface area contributed by atoms with Gasteiger partial charge in [0.2, 0.25) is 6.29 Å². The van der Waals surface area contributed by atoms with Crippen LogP contribution in [-0.2, 0) is 14.3 Å². The lowest BCUT2D eigenvalue weighted by Crippen LogP contribution is -2.42. The highest BCUT2D eigenvalue weighted by molar-refractivity contribution is 5.91. The van der Waals surface area contributed by atoms with E-state index in [0.717, 1.165) is 43.5 Å². The zero-order chi connectivity index (χ0) is 20.6. The molecular weight excluding hydrogens is 366 g/mol. The second-order valence-corrected chi connectivity index (χ2v) is 7.65. The number of hydrogen-bond donors (Lipinski definition) is 1. The van der Waals surface area contributed by atoms with Crippen molar-refractivity contribution in [2.45, 2.75) is 51.2 Å². The van der Waals surface area contributed by atoms with Crippen LogP contribution in [0, 0.1) is 18.3 Å². The Morgan fingerprint density at radius 3 is 2.62 bits per heavy atom. The minimum Gasteiger partial charge on any atom is -0.459 e. The molecule has 29 heavy (non-hydrogen) atoms. The maximum atomic E-state index is 13.1. The van der Waals surface area contributed by atoms with Gasteiger partial charge in [-0.25, -0.2) is 0 Å². The third kappa shape index (κ3) is 5.20. The number of ether oxygens (including phenoxy) is 2. The van der Waals surface area contributed by atoms with Gasteiger partial charge in [-0.3, -0.25) is 4.79 Å². The first-order valence-electron chi connectivity index (χ1n) is 10.6. The van der Waals surface area contributed by atoms with Crippen molar-refractivity contribution in [1.82, 2.24) is 4.90 Å². The van der Waals surface area contributed by atoms with Crippen molar-refractivity contribution in [3.8, 4) is 12.3 Å². The molecule has 0 radical (unpaired) electrons. The lowest BCUT2D eigenvalue weighted by molar-refractivity contribution is -0.170. The predicted molar refractivity (Wildman–Crippen MR) is 112 cm³/mol.